The highest BCUT2D eigenvalue weighted by Crippen LogP contribution is 2.34. The zero-order chi connectivity index (χ0) is 13.2. The van der Waals surface area contributed by atoms with Crippen LogP contribution in [0.1, 0.15) is 30.5 Å². The number of hydrogen-bond acceptors (Lipinski definition) is 2. The molecule has 94 valence electrons. The molecule has 5 heteroatoms. The summed E-state index contributed by atoms with van der Waals surface area (Å²) >= 11 is 0. The van der Waals surface area contributed by atoms with Crippen molar-refractivity contribution in [2.75, 3.05) is 0 Å². The maximum Gasteiger partial charge on any atom is 0.416 e. The van der Waals surface area contributed by atoms with Gasteiger partial charge in [0, 0.05) is 11.6 Å². The molecular formula is C12H14F3NO. The Kier molecular flexibility index (Phi) is 3.83. The third-order valence-electron chi connectivity index (χ3n) is 2.32. The van der Waals surface area contributed by atoms with Crippen molar-refractivity contribution in [3.63, 3.8) is 0 Å². The Morgan fingerprint density at radius 3 is 2.53 bits per heavy atom. The van der Waals surface area contributed by atoms with E-state index in [9.17, 15) is 18.3 Å². The van der Waals surface area contributed by atoms with E-state index in [4.69, 9.17) is 5.73 Å². The van der Waals surface area contributed by atoms with E-state index < -0.39 is 17.8 Å². The molecule has 1 aromatic rings. The molecule has 0 bridgehead atoms. The average Bonchev–Trinajstić information content (AvgIpc) is 2.15. The van der Waals surface area contributed by atoms with Crippen molar-refractivity contribution >= 4 is 0 Å². The lowest BCUT2D eigenvalue weighted by Crippen LogP contribution is -2.13. The molecule has 0 unspecified atom stereocenters. The first-order valence-corrected chi connectivity index (χ1v) is 5.02. The second kappa shape index (κ2) is 4.79. The van der Waals surface area contributed by atoms with Crippen LogP contribution in [0, 0.1) is 0 Å². The fourth-order valence-corrected chi connectivity index (χ4v) is 1.51. The summed E-state index contributed by atoms with van der Waals surface area (Å²) in [4.78, 5) is 0. The third kappa shape index (κ3) is 3.49. The van der Waals surface area contributed by atoms with Gasteiger partial charge in [0.1, 0.15) is 5.75 Å². The first-order valence-electron chi connectivity index (χ1n) is 5.02. The Balaban J connectivity index is 3.10. The lowest BCUT2D eigenvalue weighted by Gasteiger charge is -2.16. The summed E-state index contributed by atoms with van der Waals surface area (Å²) in [5, 5.41) is 9.51. The van der Waals surface area contributed by atoms with E-state index in [-0.39, 0.29) is 11.3 Å². The summed E-state index contributed by atoms with van der Waals surface area (Å²) < 4.78 is 37.5. The zero-order valence-electron chi connectivity index (χ0n) is 9.38. The van der Waals surface area contributed by atoms with Crippen LogP contribution in [0.2, 0.25) is 0 Å². The molecule has 0 aromatic heterocycles. The number of aromatic hydroxyl groups is 1. The summed E-state index contributed by atoms with van der Waals surface area (Å²) in [5.41, 5.74) is 5.73. The number of rotatable bonds is 3. The maximum atomic E-state index is 12.5. The molecule has 0 fully saturated rings. The summed E-state index contributed by atoms with van der Waals surface area (Å²) in [5.74, 6) is -0.230. The molecule has 0 saturated carbocycles. The van der Waals surface area contributed by atoms with Crippen LogP contribution in [0.4, 0.5) is 13.2 Å². The van der Waals surface area contributed by atoms with Crippen LogP contribution in [0.25, 0.3) is 0 Å². The van der Waals surface area contributed by atoms with E-state index in [1.165, 1.54) is 0 Å². The van der Waals surface area contributed by atoms with Gasteiger partial charge in [-0.2, -0.15) is 13.2 Å². The molecule has 2 nitrogen and oxygen atoms in total. The predicted molar refractivity (Wildman–Crippen MR) is 59.5 cm³/mol. The molecule has 0 aliphatic heterocycles. The van der Waals surface area contributed by atoms with Gasteiger partial charge in [0.15, 0.2) is 0 Å². The molecule has 17 heavy (non-hydrogen) atoms. The van der Waals surface area contributed by atoms with Crippen LogP contribution >= 0.6 is 0 Å². The van der Waals surface area contributed by atoms with Crippen LogP contribution in [0.3, 0.4) is 0 Å². The van der Waals surface area contributed by atoms with E-state index in [1.807, 2.05) is 0 Å². The number of nitrogens with two attached hydrogens (primary N) is 1. The molecule has 0 radical (unpaired) electrons. The van der Waals surface area contributed by atoms with Crippen molar-refractivity contribution < 1.29 is 18.3 Å². The average molecular weight is 245 g/mol. The fraction of sp³-hybridized carbons (Fsp3) is 0.333. The van der Waals surface area contributed by atoms with Crippen molar-refractivity contribution in [3.8, 4) is 5.75 Å². The first-order chi connectivity index (χ1) is 7.71. The predicted octanol–water partition coefficient (Wildman–Crippen LogP) is 3.38. The van der Waals surface area contributed by atoms with Gasteiger partial charge in [0.05, 0.1) is 5.56 Å². The van der Waals surface area contributed by atoms with Gasteiger partial charge in [0.25, 0.3) is 0 Å². The normalized spacial score (nSPS) is 13.5. The maximum absolute atomic E-state index is 12.5. The lowest BCUT2D eigenvalue weighted by molar-refractivity contribution is -0.137. The Bertz CT molecular complexity index is 426. The van der Waals surface area contributed by atoms with Crippen LogP contribution in [0.15, 0.2) is 30.4 Å². The van der Waals surface area contributed by atoms with Crippen molar-refractivity contribution in [2.24, 2.45) is 5.73 Å². The van der Waals surface area contributed by atoms with E-state index in [0.717, 1.165) is 23.8 Å². The second-order valence-corrected chi connectivity index (χ2v) is 4.04. The smallest absolute Gasteiger partial charge is 0.416 e. The third-order valence-corrected chi connectivity index (χ3v) is 2.32. The van der Waals surface area contributed by atoms with Crippen molar-refractivity contribution in [3.05, 3.63) is 41.5 Å². The van der Waals surface area contributed by atoms with E-state index in [1.54, 1.807) is 6.92 Å². The molecule has 0 aliphatic carbocycles. The quantitative estimate of drug-likeness (QED) is 0.802. The van der Waals surface area contributed by atoms with E-state index in [2.05, 4.69) is 6.58 Å². The van der Waals surface area contributed by atoms with Gasteiger partial charge in [0.2, 0.25) is 0 Å². The molecule has 1 atom stereocenters. The number of alkyl halides is 3. The first kappa shape index (κ1) is 13.6. The van der Waals surface area contributed by atoms with Gasteiger partial charge >= 0.3 is 6.18 Å². The fourth-order valence-electron chi connectivity index (χ4n) is 1.51. The van der Waals surface area contributed by atoms with Crippen LogP contribution in [-0.2, 0) is 6.18 Å². The van der Waals surface area contributed by atoms with Crippen LogP contribution in [-0.4, -0.2) is 5.11 Å². The van der Waals surface area contributed by atoms with Gasteiger partial charge in [-0.1, -0.05) is 5.57 Å². The molecule has 0 saturated heterocycles. The van der Waals surface area contributed by atoms with E-state index >= 15 is 0 Å². The summed E-state index contributed by atoms with van der Waals surface area (Å²) in [7, 11) is 0. The molecule has 0 heterocycles. The minimum atomic E-state index is -4.44. The number of phenols is 1. The minimum Gasteiger partial charge on any atom is -0.508 e. The summed E-state index contributed by atoms with van der Waals surface area (Å²) in [6, 6.07) is 2.03. The topological polar surface area (TPSA) is 46.2 Å². The molecule has 0 aliphatic rings. The molecule has 0 amide bonds. The van der Waals surface area contributed by atoms with Gasteiger partial charge in [-0.25, -0.2) is 0 Å². The van der Waals surface area contributed by atoms with Gasteiger partial charge < -0.3 is 10.8 Å². The van der Waals surface area contributed by atoms with Gasteiger partial charge in [-0.15, -0.1) is 6.58 Å². The Labute approximate surface area is 97.6 Å². The Morgan fingerprint density at radius 2 is 2.06 bits per heavy atom. The number of hydrogen-bond donors (Lipinski definition) is 2. The largest absolute Gasteiger partial charge is 0.508 e. The van der Waals surface area contributed by atoms with Crippen molar-refractivity contribution in [1.82, 2.24) is 0 Å². The zero-order valence-corrected chi connectivity index (χ0v) is 9.38. The van der Waals surface area contributed by atoms with Gasteiger partial charge in [-0.3, -0.25) is 0 Å². The highest BCUT2D eigenvalue weighted by Gasteiger charge is 2.31. The molecular weight excluding hydrogens is 231 g/mol. The number of halogens is 3. The summed E-state index contributed by atoms with van der Waals surface area (Å²) in [6.07, 6.45) is -4.11. The monoisotopic (exact) mass is 245 g/mol. The van der Waals surface area contributed by atoms with Gasteiger partial charge in [-0.05, 0) is 31.5 Å². The molecule has 0 spiro atoms. The van der Waals surface area contributed by atoms with Crippen LogP contribution in [0.5, 0.6) is 5.75 Å². The standard InChI is InChI=1S/C12H14F3NO/c1-7(2)5-10(16)9-6-8(12(13,14)15)3-4-11(9)17/h3-4,6,10,17H,1,5,16H2,2H3/t10-/m1/s1. The lowest BCUT2D eigenvalue weighted by atomic mass is 9.98. The van der Waals surface area contributed by atoms with Crippen molar-refractivity contribution in [1.29, 1.82) is 0 Å². The molecule has 1 aromatic carbocycles. The van der Waals surface area contributed by atoms with Crippen molar-refractivity contribution in [2.45, 2.75) is 25.6 Å². The number of phenolic OH excluding ortho intramolecular Hbond substituents is 1. The summed E-state index contributed by atoms with van der Waals surface area (Å²) in [6.45, 7) is 5.36. The minimum absolute atomic E-state index is 0.0859. The van der Waals surface area contributed by atoms with E-state index in [0.29, 0.717) is 6.42 Å². The highest BCUT2D eigenvalue weighted by atomic mass is 19.4. The second-order valence-electron chi connectivity index (χ2n) is 4.04. The molecule has 3 N–H and O–H groups in total. The highest BCUT2D eigenvalue weighted by molar-refractivity contribution is 5.39. The Hall–Kier alpha value is -1.49. The number of benzene rings is 1. The molecule has 1 rings (SSSR count). The van der Waals surface area contributed by atoms with Crippen LogP contribution < -0.4 is 5.73 Å². The Morgan fingerprint density at radius 1 is 1.47 bits per heavy atom. The SMILES string of the molecule is C=C(C)C[C@@H](N)c1cc(C(F)(F)F)ccc1O.